The number of nitriles is 1. The molecule has 4 heteroatoms. The van der Waals surface area contributed by atoms with E-state index in [1.807, 2.05) is 18.2 Å². The Labute approximate surface area is 132 Å². The Morgan fingerprint density at radius 2 is 2.18 bits per heavy atom. The Kier molecular flexibility index (Phi) is 4.37. The number of ether oxygens (including phenoxy) is 1. The van der Waals surface area contributed by atoms with Crippen LogP contribution in [0.2, 0.25) is 0 Å². The van der Waals surface area contributed by atoms with E-state index in [9.17, 15) is 10.4 Å². The molecule has 0 radical (unpaired) electrons. The molecule has 0 unspecified atom stereocenters. The summed E-state index contributed by atoms with van der Waals surface area (Å²) in [4.78, 5) is 2.21. The number of benzene rings is 1. The number of para-hydroxylation sites is 1. The van der Waals surface area contributed by atoms with Crippen molar-refractivity contribution in [3.63, 3.8) is 0 Å². The van der Waals surface area contributed by atoms with Crippen LogP contribution in [0.5, 0.6) is 5.75 Å². The number of fused-ring (bicyclic) bond motifs is 1. The number of aliphatic hydroxyl groups is 1. The summed E-state index contributed by atoms with van der Waals surface area (Å²) < 4.78 is 5.55. The number of methoxy groups -OCH3 is 1. The maximum atomic E-state index is 11.1. The van der Waals surface area contributed by atoms with Gasteiger partial charge in [0.1, 0.15) is 5.75 Å². The number of hydrogen-bond donors (Lipinski definition) is 1. The van der Waals surface area contributed by atoms with Gasteiger partial charge in [0.05, 0.1) is 25.3 Å². The minimum Gasteiger partial charge on any atom is -0.496 e. The van der Waals surface area contributed by atoms with Crippen LogP contribution in [-0.2, 0) is 0 Å². The Balaban J connectivity index is 2.03. The van der Waals surface area contributed by atoms with Crippen LogP contribution in [0.3, 0.4) is 0 Å². The Hall–Kier alpha value is -1.57. The van der Waals surface area contributed by atoms with Gasteiger partial charge in [-0.25, -0.2) is 0 Å². The molecule has 1 N–H and O–H groups in total. The van der Waals surface area contributed by atoms with Crippen LogP contribution in [0.1, 0.15) is 43.7 Å². The molecule has 2 fully saturated rings. The molecule has 118 valence electrons. The van der Waals surface area contributed by atoms with Crippen LogP contribution in [0.25, 0.3) is 0 Å². The van der Waals surface area contributed by atoms with Crippen molar-refractivity contribution in [2.75, 3.05) is 20.2 Å². The molecule has 1 aromatic carbocycles. The highest BCUT2D eigenvalue weighted by atomic mass is 16.5. The van der Waals surface area contributed by atoms with Crippen molar-refractivity contribution >= 4 is 0 Å². The van der Waals surface area contributed by atoms with Gasteiger partial charge in [-0.1, -0.05) is 31.0 Å². The van der Waals surface area contributed by atoms with E-state index in [4.69, 9.17) is 4.74 Å². The highest BCUT2D eigenvalue weighted by molar-refractivity contribution is 5.37. The van der Waals surface area contributed by atoms with Gasteiger partial charge in [-0.2, -0.15) is 5.26 Å². The molecule has 3 rings (SSSR count). The van der Waals surface area contributed by atoms with Crippen molar-refractivity contribution in [3.8, 4) is 11.8 Å². The highest BCUT2D eigenvalue weighted by Crippen LogP contribution is 2.50. The summed E-state index contributed by atoms with van der Waals surface area (Å²) in [7, 11) is 1.68. The van der Waals surface area contributed by atoms with Crippen LogP contribution in [0, 0.1) is 17.2 Å². The SMILES string of the molecule is COc1ccccc1[C@@H]1[C@@H]2CCCC[C@@]2(O)CCN1CC#N. The Morgan fingerprint density at radius 3 is 2.95 bits per heavy atom. The fourth-order valence-corrected chi connectivity index (χ4v) is 4.33. The molecule has 1 aromatic rings. The van der Waals surface area contributed by atoms with Crippen molar-refractivity contribution in [1.82, 2.24) is 4.90 Å². The zero-order valence-electron chi connectivity index (χ0n) is 13.2. The molecule has 3 atom stereocenters. The van der Waals surface area contributed by atoms with Crippen LogP contribution in [-0.4, -0.2) is 35.8 Å². The highest BCUT2D eigenvalue weighted by Gasteiger charge is 2.49. The van der Waals surface area contributed by atoms with E-state index in [0.717, 1.165) is 50.0 Å². The molecule has 1 heterocycles. The molecule has 0 aromatic heterocycles. The third-order valence-electron chi connectivity index (χ3n) is 5.40. The zero-order valence-corrected chi connectivity index (χ0v) is 13.2. The Bertz CT molecular complexity index is 568. The summed E-state index contributed by atoms with van der Waals surface area (Å²) in [5.74, 6) is 1.03. The van der Waals surface area contributed by atoms with Crippen molar-refractivity contribution in [2.24, 2.45) is 5.92 Å². The fraction of sp³-hybridized carbons (Fsp3) is 0.611. The minimum atomic E-state index is -0.588. The second kappa shape index (κ2) is 6.28. The van der Waals surface area contributed by atoms with Crippen molar-refractivity contribution in [3.05, 3.63) is 29.8 Å². The molecule has 1 aliphatic heterocycles. The summed E-state index contributed by atoms with van der Waals surface area (Å²) >= 11 is 0. The van der Waals surface area contributed by atoms with Crippen LogP contribution in [0.15, 0.2) is 24.3 Å². The summed E-state index contributed by atoms with van der Waals surface area (Å²) in [6, 6.07) is 10.4. The normalized spacial score (nSPS) is 32.0. The lowest BCUT2D eigenvalue weighted by atomic mass is 9.66. The molecular formula is C18H24N2O2. The van der Waals surface area contributed by atoms with E-state index in [1.54, 1.807) is 7.11 Å². The van der Waals surface area contributed by atoms with Crippen LogP contribution >= 0.6 is 0 Å². The summed E-state index contributed by atoms with van der Waals surface area (Å²) in [5.41, 5.74) is 0.515. The van der Waals surface area contributed by atoms with E-state index < -0.39 is 5.60 Å². The second-order valence-electron chi connectivity index (χ2n) is 6.52. The van der Waals surface area contributed by atoms with Crippen LogP contribution < -0.4 is 4.74 Å². The van der Waals surface area contributed by atoms with Gasteiger partial charge >= 0.3 is 0 Å². The van der Waals surface area contributed by atoms with Gasteiger partial charge in [-0.15, -0.1) is 0 Å². The average Bonchev–Trinajstić information content (AvgIpc) is 2.55. The van der Waals surface area contributed by atoms with Crippen molar-refractivity contribution in [1.29, 1.82) is 5.26 Å². The van der Waals surface area contributed by atoms with Gasteiger partial charge < -0.3 is 9.84 Å². The van der Waals surface area contributed by atoms with E-state index in [0.29, 0.717) is 6.54 Å². The molecule has 0 bridgehead atoms. The topological polar surface area (TPSA) is 56.5 Å². The lowest BCUT2D eigenvalue weighted by Crippen LogP contribution is -2.54. The third kappa shape index (κ3) is 2.60. The van der Waals surface area contributed by atoms with Gasteiger partial charge in [0.2, 0.25) is 0 Å². The molecule has 22 heavy (non-hydrogen) atoms. The fourth-order valence-electron chi connectivity index (χ4n) is 4.33. The summed E-state index contributed by atoms with van der Waals surface area (Å²) in [6.45, 7) is 1.17. The van der Waals surface area contributed by atoms with Gasteiger partial charge in [0.15, 0.2) is 0 Å². The quantitative estimate of drug-likeness (QED) is 0.872. The zero-order chi connectivity index (χ0) is 15.6. The van der Waals surface area contributed by atoms with Gasteiger partial charge in [0, 0.05) is 24.1 Å². The largest absolute Gasteiger partial charge is 0.496 e. The molecule has 1 saturated heterocycles. The molecule has 1 saturated carbocycles. The van der Waals surface area contributed by atoms with Gasteiger partial charge in [-0.05, 0) is 25.3 Å². The van der Waals surface area contributed by atoms with Crippen molar-refractivity contribution < 1.29 is 9.84 Å². The number of piperidine rings is 1. The van der Waals surface area contributed by atoms with Crippen molar-refractivity contribution in [2.45, 2.75) is 43.7 Å². The van der Waals surface area contributed by atoms with E-state index >= 15 is 0 Å². The number of likely N-dealkylation sites (tertiary alicyclic amines) is 1. The Morgan fingerprint density at radius 1 is 1.36 bits per heavy atom. The summed E-state index contributed by atoms with van der Waals surface area (Å²) in [5, 5.41) is 20.3. The monoisotopic (exact) mass is 300 g/mol. The predicted octanol–water partition coefficient (Wildman–Crippen LogP) is 2.89. The smallest absolute Gasteiger partial charge is 0.123 e. The van der Waals surface area contributed by atoms with Gasteiger partial charge in [0.25, 0.3) is 0 Å². The van der Waals surface area contributed by atoms with Gasteiger partial charge in [-0.3, -0.25) is 4.90 Å². The molecule has 0 spiro atoms. The number of nitrogens with zero attached hydrogens (tertiary/aromatic N) is 2. The maximum absolute atomic E-state index is 11.1. The van der Waals surface area contributed by atoms with E-state index in [-0.39, 0.29) is 12.0 Å². The maximum Gasteiger partial charge on any atom is 0.123 e. The van der Waals surface area contributed by atoms with E-state index in [2.05, 4.69) is 17.0 Å². The average molecular weight is 300 g/mol. The number of hydrogen-bond acceptors (Lipinski definition) is 4. The first-order valence-electron chi connectivity index (χ1n) is 8.16. The molecular weight excluding hydrogens is 276 g/mol. The minimum absolute atomic E-state index is 0.0647. The lowest BCUT2D eigenvalue weighted by Gasteiger charge is -2.52. The summed E-state index contributed by atoms with van der Waals surface area (Å²) in [6.07, 6.45) is 4.92. The standard InChI is InChI=1S/C18H24N2O2/c1-22-16-8-3-2-6-14(16)17-15-7-4-5-9-18(15,21)10-12-20(17)13-11-19/h2-3,6,8,15,17,21H,4-5,7,9-10,12-13H2,1H3/t15-,17+,18+/m0/s1. The second-order valence-corrected chi connectivity index (χ2v) is 6.52. The first-order chi connectivity index (χ1) is 10.7. The molecule has 1 aliphatic carbocycles. The first-order valence-corrected chi connectivity index (χ1v) is 8.16. The number of rotatable bonds is 3. The lowest BCUT2D eigenvalue weighted by molar-refractivity contribution is -0.122. The molecule has 0 amide bonds. The first kappa shape index (κ1) is 15.3. The van der Waals surface area contributed by atoms with E-state index in [1.165, 1.54) is 0 Å². The third-order valence-corrected chi connectivity index (χ3v) is 5.40. The molecule has 4 nitrogen and oxygen atoms in total. The predicted molar refractivity (Wildman–Crippen MR) is 84.4 cm³/mol. The molecule has 2 aliphatic rings. The van der Waals surface area contributed by atoms with Crippen LogP contribution in [0.4, 0.5) is 0 Å².